The topological polar surface area (TPSA) is 144 Å². The number of alkyl halides is 1. The summed E-state index contributed by atoms with van der Waals surface area (Å²) in [6.45, 7) is 0. The molecule has 0 saturated heterocycles. The molecule has 0 aliphatic heterocycles. The Labute approximate surface area is 283 Å². The number of rotatable bonds is 12. The number of Topliss-reactive ketones (excluding diaryl/α,β-unsaturated/α-hetero) is 1. The first-order valence-corrected chi connectivity index (χ1v) is 15.7. The molecule has 5 aromatic rings. The predicted molar refractivity (Wildman–Crippen MR) is 181 cm³/mol. The van der Waals surface area contributed by atoms with Crippen LogP contribution < -0.4 is 9.47 Å². The van der Waals surface area contributed by atoms with Gasteiger partial charge in [-0.3, -0.25) is 14.4 Å². The van der Waals surface area contributed by atoms with Gasteiger partial charge in [-0.1, -0.05) is 76.6 Å². The number of carbonyl (C=O) groups excluding carboxylic acids is 3. The Morgan fingerprint density at radius 2 is 0.917 bits per heavy atom. The van der Waals surface area contributed by atoms with Gasteiger partial charge in [0.15, 0.2) is 5.78 Å². The van der Waals surface area contributed by atoms with Crippen LogP contribution in [0.4, 0.5) is 0 Å². The zero-order valence-electron chi connectivity index (χ0n) is 25.2. The smallest absolute Gasteiger partial charge is 0.343 e. The van der Waals surface area contributed by atoms with Crippen molar-refractivity contribution in [2.75, 3.05) is 5.33 Å². The summed E-state index contributed by atoms with van der Waals surface area (Å²) < 4.78 is 11.6. The van der Waals surface area contributed by atoms with E-state index in [1.54, 1.807) is 91.0 Å². The second-order valence-corrected chi connectivity index (χ2v) is 11.2. The number of hydrogen-bond donors (Lipinski definition) is 2. The molecule has 10 heteroatoms. The van der Waals surface area contributed by atoms with E-state index in [1.165, 1.54) is 24.3 Å². The van der Waals surface area contributed by atoms with Crippen LogP contribution in [0, 0.1) is 0 Å². The number of carbonyl (C=O) groups is 5. The highest BCUT2D eigenvalue weighted by atomic mass is 79.9. The van der Waals surface area contributed by atoms with Gasteiger partial charge < -0.3 is 19.7 Å². The van der Waals surface area contributed by atoms with Crippen molar-refractivity contribution in [2.45, 2.75) is 12.8 Å². The van der Waals surface area contributed by atoms with E-state index in [4.69, 9.17) is 19.7 Å². The molecule has 5 rings (SSSR count). The maximum absolute atomic E-state index is 13.1. The molecule has 0 atom stereocenters. The molecule has 0 aliphatic rings. The quantitative estimate of drug-likeness (QED) is 0.0591. The van der Waals surface area contributed by atoms with Crippen LogP contribution in [0.25, 0.3) is 22.3 Å². The highest BCUT2D eigenvalue weighted by Gasteiger charge is 2.19. The number of ketones is 1. The lowest BCUT2D eigenvalue weighted by atomic mass is 9.94. The number of hydrogen-bond acceptors (Lipinski definition) is 7. The summed E-state index contributed by atoms with van der Waals surface area (Å²) in [5, 5.41) is 18.1. The first-order chi connectivity index (χ1) is 23.1. The van der Waals surface area contributed by atoms with Gasteiger partial charge in [-0.25, -0.2) is 9.59 Å². The number of ether oxygens (including phenoxy) is 2. The summed E-state index contributed by atoms with van der Waals surface area (Å²) in [6, 6.07) is 31.1. The first-order valence-electron chi connectivity index (χ1n) is 14.6. The zero-order valence-corrected chi connectivity index (χ0v) is 26.8. The molecule has 0 aliphatic carbocycles. The minimum atomic E-state index is -0.982. The summed E-state index contributed by atoms with van der Waals surface area (Å²) >= 11 is 3.24. The largest absolute Gasteiger partial charge is 0.481 e. The summed E-state index contributed by atoms with van der Waals surface area (Å²) in [7, 11) is 0. The van der Waals surface area contributed by atoms with Crippen molar-refractivity contribution in [2.24, 2.45) is 0 Å². The van der Waals surface area contributed by atoms with Crippen molar-refractivity contribution in [3.8, 4) is 33.8 Å². The molecule has 9 nitrogen and oxygen atoms in total. The van der Waals surface area contributed by atoms with Gasteiger partial charge in [-0.2, -0.15) is 0 Å². The number of benzene rings is 5. The lowest BCUT2D eigenvalue weighted by Gasteiger charge is -2.15. The van der Waals surface area contributed by atoms with Crippen molar-refractivity contribution in [3.05, 3.63) is 143 Å². The fraction of sp³-hybridized carbons (Fsp3) is 0.0789. The van der Waals surface area contributed by atoms with Crippen molar-refractivity contribution in [1.82, 2.24) is 0 Å². The molecule has 0 heterocycles. The van der Waals surface area contributed by atoms with Crippen LogP contribution in [0.15, 0.2) is 115 Å². The SMILES string of the molecule is O=C(O)Cc1ccc(C(=O)Oc2ccccc2-c2cc(C(=O)CBr)cc(-c3ccccc3OC(=O)c3ccc(CC(=O)O)cc3)c2)cc1. The van der Waals surface area contributed by atoms with Crippen LogP contribution in [-0.2, 0) is 22.4 Å². The third-order valence-corrected chi connectivity index (χ3v) is 7.78. The second-order valence-electron chi connectivity index (χ2n) is 10.7. The lowest BCUT2D eigenvalue weighted by Crippen LogP contribution is -2.10. The van der Waals surface area contributed by atoms with E-state index in [1.807, 2.05) is 0 Å². The van der Waals surface area contributed by atoms with Gasteiger partial charge in [0.05, 0.1) is 29.3 Å². The average molecular weight is 708 g/mol. The Balaban J connectivity index is 1.48. The predicted octanol–water partition coefficient (Wildman–Crippen LogP) is 7.29. The Bertz CT molecular complexity index is 1880. The highest BCUT2D eigenvalue weighted by molar-refractivity contribution is 9.09. The Morgan fingerprint density at radius 3 is 1.29 bits per heavy atom. The lowest BCUT2D eigenvalue weighted by molar-refractivity contribution is -0.137. The monoisotopic (exact) mass is 706 g/mol. The first kappa shape index (κ1) is 33.5. The molecule has 0 bridgehead atoms. The molecule has 0 unspecified atom stereocenters. The Hall–Kier alpha value is -5.87. The summed E-state index contributed by atoms with van der Waals surface area (Å²) in [5.74, 6) is -3.00. The van der Waals surface area contributed by atoms with Crippen LogP contribution in [0.5, 0.6) is 11.5 Å². The number of carboxylic acids is 2. The van der Waals surface area contributed by atoms with Crippen molar-refractivity contribution in [3.63, 3.8) is 0 Å². The van der Waals surface area contributed by atoms with E-state index in [0.717, 1.165) is 0 Å². The molecule has 0 aromatic heterocycles. The van der Waals surface area contributed by atoms with E-state index in [0.29, 0.717) is 38.9 Å². The van der Waals surface area contributed by atoms with Gasteiger partial charge in [0.25, 0.3) is 0 Å². The number of para-hydroxylation sites is 2. The number of esters is 2. The molecule has 240 valence electrons. The average Bonchev–Trinajstić information content (AvgIpc) is 3.08. The van der Waals surface area contributed by atoms with E-state index < -0.39 is 23.9 Å². The van der Waals surface area contributed by atoms with E-state index in [2.05, 4.69) is 15.9 Å². The molecule has 0 amide bonds. The minimum Gasteiger partial charge on any atom is -0.481 e. The van der Waals surface area contributed by atoms with E-state index >= 15 is 0 Å². The van der Waals surface area contributed by atoms with Crippen LogP contribution >= 0.6 is 15.9 Å². The van der Waals surface area contributed by atoms with Gasteiger partial charge in [0.2, 0.25) is 0 Å². The molecule has 0 radical (unpaired) electrons. The minimum absolute atomic E-state index is 0.0545. The Kier molecular flexibility index (Phi) is 10.6. The fourth-order valence-electron chi connectivity index (χ4n) is 4.95. The normalized spacial score (nSPS) is 10.6. The van der Waals surface area contributed by atoms with Crippen molar-refractivity contribution in [1.29, 1.82) is 0 Å². The molecule has 5 aromatic carbocycles. The molecule has 2 N–H and O–H groups in total. The molecule has 48 heavy (non-hydrogen) atoms. The summed E-state index contributed by atoms with van der Waals surface area (Å²) in [6.07, 6.45) is -0.345. The third kappa shape index (κ3) is 8.28. The highest BCUT2D eigenvalue weighted by Crippen LogP contribution is 2.37. The van der Waals surface area contributed by atoms with Crippen LogP contribution in [0.3, 0.4) is 0 Å². The van der Waals surface area contributed by atoms with E-state index in [-0.39, 0.29) is 46.6 Å². The van der Waals surface area contributed by atoms with Gasteiger partial charge in [-0.05, 0) is 76.9 Å². The van der Waals surface area contributed by atoms with Crippen LogP contribution in [0.1, 0.15) is 42.2 Å². The van der Waals surface area contributed by atoms with Crippen LogP contribution in [-0.4, -0.2) is 45.2 Å². The van der Waals surface area contributed by atoms with Gasteiger partial charge in [0.1, 0.15) is 11.5 Å². The second kappa shape index (κ2) is 15.1. The maximum atomic E-state index is 13.1. The summed E-state index contributed by atoms with van der Waals surface area (Å²) in [4.78, 5) is 61.2. The summed E-state index contributed by atoms with van der Waals surface area (Å²) in [5.41, 5.74) is 4.08. The van der Waals surface area contributed by atoms with Crippen LogP contribution in [0.2, 0.25) is 0 Å². The van der Waals surface area contributed by atoms with Crippen molar-refractivity contribution >= 4 is 45.6 Å². The van der Waals surface area contributed by atoms with Gasteiger partial charge in [0, 0.05) is 16.7 Å². The maximum Gasteiger partial charge on any atom is 0.343 e. The molecule has 0 saturated carbocycles. The molecular weight excluding hydrogens is 680 g/mol. The molecule has 0 spiro atoms. The Morgan fingerprint density at radius 1 is 0.521 bits per heavy atom. The molecular formula is C38H27BrO9. The van der Waals surface area contributed by atoms with Gasteiger partial charge in [-0.15, -0.1) is 0 Å². The molecule has 0 fully saturated rings. The van der Waals surface area contributed by atoms with Gasteiger partial charge >= 0.3 is 23.9 Å². The van der Waals surface area contributed by atoms with Crippen molar-refractivity contribution < 1.29 is 43.7 Å². The van der Waals surface area contributed by atoms with E-state index in [9.17, 15) is 24.0 Å². The number of carboxylic acid groups (broad SMARTS) is 2. The number of aliphatic carboxylic acids is 2. The third-order valence-electron chi connectivity index (χ3n) is 7.27. The zero-order chi connectivity index (χ0) is 34.2. The standard InChI is InChI=1S/C38H27BrO9/c39-22-32(40)29-20-27(30-5-1-3-7-33(30)47-37(45)25-13-9-23(10-14-25)17-35(41)42)19-28(21-29)31-6-2-4-8-34(31)48-38(46)26-15-11-24(12-16-26)18-36(43)44/h1-16,19-21H,17-18,22H2,(H,41,42)(H,43,44). The fourth-order valence-corrected chi connectivity index (χ4v) is 5.27. The number of halogens is 1.